The summed E-state index contributed by atoms with van der Waals surface area (Å²) < 4.78 is 36.8. The second kappa shape index (κ2) is 13.6. The number of fused-ring (bicyclic) bond motifs is 1. The second-order valence-electron chi connectivity index (χ2n) is 10.5. The van der Waals surface area contributed by atoms with Crippen molar-refractivity contribution in [1.29, 1.82) is 0 Å². The van der Waals surface area contributed by atoms with E-state index in [9.17, 15) is 14.0 Å². The molecule has 3 aromatic carbocycles. The first-order valence-electron chi connectivity index (χ1n) is 14.2. The number of halogens is 1. The van der Waals surface area contributed by atoms with Gasteiger partial charge in [-0.25, -0.2) is 19.2 Å². The van der Waals surface area contributed by atoms with Crippen LogP contribution in [0, 0.1) is 6.92 Å². The molecule has 0 bridgehead atoms. The first kappa shape index (κ1) is 31.2. The Morgan fingerprint density at radius 3 is 2.38 bits per heavy atom. The number of ether oxygens (including phenoxy) is 4. The standard InChI is InChI=1S/C33H34FN5O6/c1-19-13-26(30(43-4)17-28(19)45-22-10-8-20(9-11-22)33(41)44-5)37-31-23-15-27(29(42-3)16-25(23)35-18-36-31)38-32(40)24(34)14-21-7-6-12-39(21)2/h8-11,13-18,21H,6-7,12H2,1-5H3,(H,38,40)(H,35,36,37)/b24-14+/t21-/m1/s1. The van der Waals surface area contributed by atoms with Gasteiger partial charge >= 0.3 is 5.97 Å². The van der Waals surface area contributed by atoms with Crippen LogP contribution in [0.1, 0.15) is 28.8 Å². The lowest BCUT2D eigenvalue weighted by Gasteiger charge is -2.17. The van der Waals surface area contributed by atoms with Crippen LogP contribution >= 0.6 is 0 Å². The summed E-state index contributed by atoms with van der Waals surface area (Å²) in [6, 6.07) is 13.3. The van der Waals surface area contributed by atoms with Crippen LogP contribution in [0.2, 0.25) is 0 Å². The lowest BCUT2D eigenvalue weighted by Crippen LogP contribution is -2.24. The molecule has 1 aliphatic rings. The Balaban J connectivity index is 1.41. The number of aromatic nitrogens is 2. The van der Waals surface area contributed by atoms with E-state index >= 15 is 0 Å². The zero-order valence-electron chi connectivity index (χ0n) is 25.6. The highest BCUT2D eigenvalue weighted by Gasteiger charge is 2.22. The largest absolute Gasteiger partial charge is 0.494 e. The summed E-state index contributed by atoms with van der Waals surface area (Å²) in [5.41, 5.74) is 2.60. The van der Waals surface area contributed by atoms with Crippen LogP contribution in [-0.2, 0) is 9.53 Å². The summed E-state index contributed by atoms with van der Waals surface area (Å²) in [7, 11) is 6.23. The molecule has 0 radical (unpaired) electrons. The minimum Gasteiger partial charge on any atom is -0.494 e. The van der Waals surface area contributed by atoms with E-state index in [1.54, 1.807) is 42.5 Å². The van der Waals surface area contributed by atoms with Crippen molar-refractivity contribution < 1.29 is 32.9 Å². The Hall–Kier alpha value is -5.23. The molecule has 0 saturated carbocycles. The molecule has 4 aromatic rings. The SMILES string of the molecule is COC(=O)c1ccc(Oc2cc(OC)c(Nc3ncnc4cc(OC)c(NC(=O)/C(F)=C\[C@H]5CCCN5C)cc34)cc2C)cc1. The number of methoxy groups -OCH3 is 3. The fraction of sp³-hybridized carbons (Fsp3) is 0.273. The van der Waals surface area contributed by atoms with Crippen molar-refractivity contribution in [2.45, 2.75) is 25.8 Å². The van der Waals surface area contributed by atoms with Crippen LogP contribution in [0.15, 0.2) is 66.8 Å². The van der Waals surface area contributed by atoms with Crippen LogP contribution in [0.5, 0.6) is 23.0 Å². The quantitative estimate of drug-likeness (QED) is 0.158. The maximum Gasteiger partial charge on any atom is 0.337 e. The third-order valence-electron chi connectivity index (χ3n) is 7.59. The van der Waals surface area contributed by atoms with Gasteiger partial charge in [-0.3, -0.25) is 9.69 Å². The molecule has 1 aromatic heterocycles. The van der Waals surface area contributed by atoms with Gasteiger partial charge in [0, 0.05) is 23.6 Å². The third kappa shape index (κ3) is 6.96. The van der Waals surface area contributed by atoms with E-state index in [2.05, 4.69) is 20.6 Å². The van der Waals surface area contributed by atoms with E-state index < -0.39 is 17.7 Å². The third-order valence-corrected chi connectivity index (χ3v) is 7.59. The summed E-state index contributed by atoms with van der Waals surface area (Å²) in [5.74, 6) is 0.126. The molecule has 1 saturated heterocycles. The molecule has 1 aliphatic heterocycles. The molecule has 12 heteroatoms. The monoisotopic (exact) mass is 615 g/mol. The molecule has 234 valence electrons. The molecule has 2 heterocycles. The van der Waals surface area contributed by atoms with Gasteiger partial charge in [-0.1, -0.05) is 0 Å². The average molecular weight is 616 g/mol. The Labute approximate surface area is 260 Å². The highest BCUT2D eigenvalue weighted by molar-refractivity contribution is 6.05. The van der Waals surface area contributed by atoms with Crippen molar-refractivity contribution in [3.8, 4) is 23.0 Å². The number of aryl methyl sites for hydroxylation is 1. The molecular weight excluding hydrogens is 581 g/mol. The zero-order valence-corrected chi connectivity index (χ0v) is 25.6. The van der Waals surface area contributed by atoms with Crippen molar-refractivity contribution in [2.75, 3.05) is 45.6 Å². The van der Waals surface area contributed by atoms with Gasteiger partial charge in [0.1, 0.15) is 35.1 Å². The summed E-state index contributed by atoms with van der Waals surface area (Å²) in [5, 5.41) is 6.48. The van der Waals surface area contributed by atoms with Gasteiger partial charge in [-0.05, 0) is 81.4 Å². The Bertz CT molecular complexity index is 1760. The lowest BCUT2D eigenvalue weighted by atomic mass is 10.1. The number of likely N-dealkylation sites (N-methyl/N-ethyl adjacent to an activating group) is 1. The number of hydrogen-bond donors (Lipinski definition) is 2. The molecule has 0 spiro atoms. The fourth-order valence-electron chi connectivity index (χ4n) is 5.10. The number of anilines is 3. The van der Waals surface area contributed by atoms with Gasteiger partial charge in [-0.2, -0.15) is 0 Å². The normalized spacial score (nSPS) is 15.1. The highest BCUT2D eigenvalue weighted by atomic mass is 19.1. The Kier molecular flexibility index (Phi) is 9.43. The molecule has 45 heavy (non-hydrogen) atoms. The molecular formula is C33H34FN5O6. The number of esters is 1. The van der Waals surface area contributed by atoms with E-state index in [1.165, 1.54) is 33.7 Å². The number of nitrogens with zero attached hydrogens (tertiary/aromatic N) is 3. The summed E-state index contributed by atoms with van der Waals surface area (Å²) in [6.07, 6.45) is 4.50. The predicted molar refractivity (Wildman–Crippen MR) is 168 cm³/mol. The van der Waals surface area contributed by atoms with Crippen LogP contribution in [-0.4, -0.2) is 67.7 Å². The topological polar surface area (TPSA) is 124 Å². The minimum atomic E-state index is -0.868. The molecule has 1 amide bonds. The molecule has 0 unspecified atom stereocenters. The predicted octanol–water partition coefficient (Wildman–Crippen LogP) is 6.16. The maximum atomic E-state index is 14.9. The number of benzene rings is 3. The molecule has 1 atom stereocenters. The van der Waals surface area contributed by atoms with Crippen LogP contribution in [0.4, 0.5) is 21.6 Å². The van der Waals surface area contributed by atoms with Gasteiger partial charge in [-0.15, -0.1) is 0 Å². The Morgan fingerprint density at radius 2 is 1.71 bits per heavy atom. The van der Waals surface area contributed by atoms with E-state index in [-0.39, 0.29) is 11.7 Å². The fourth-order valence-corrected chi connectivity index (χ4v) is 5.10. The van der Waals surface area contributed by atoms with E-state index in [0.29, 0.717) is 51.0 Å². The summed E-state index contributed by atoms with van der Waals surface area (Å²) in [6.45, 7) is 2.74. The van der Waals surface area contributed by atoms with Crippen molar-refractivity contribution in [1.82, 2.24) is 14.9 Å². The average Bonchev–Trinajstić information content (AvgIpc) is 3.45. The molecule has 2 N–H and O–H groups in total. The van der Waals surface area contributed by atoms with Gasteiger partial charge in [0.05, 0.1) is 43.8 Å². The van der Waals surface area contributed by atoms with Gasteiger partial charge in [0.2, 0.25) is 0 Å². The number of nitrogens with one attached hydrogen (secondary N) is 2. The number of amides is 1. The van der Waals surface area contributed by atoms with Crippen molar-refractivity contribution in [2.24, 2.45) is 0 Å². The molecule has 0 aliphatic carbocycles. The molecule has 5 rings (SSSR count). The zero-order chi connectivity index (χ0) is 32.1. The summed E-state index contributed by atoms with van der Waals surface area (Å²) in [4.78, 5) is 35.3. The molecule has 11 nitrogen and oxygen atoms in total. The van der Waals surface area contributed by atoms with Gasteiger partial charge < -0.3 is 29.6 Å². The van der Waals surface area contributed by atoms with Crippen molar-refractivity contribution >= 4 is 40.0 Å². The molecule has 1 fully saturated rings. The van der Waals surface area contributed by atoms with Crippen LogP contribution < -0.4 is 24.8 Å². The van der Waals surface area contributed by atoms with Crippen molar-refractivity contribution in [3.63, 3.8) is 0 Å². The first-order chi connectivity index (χ1) is 21.7. The van der Waals surface area contributed by atoms with Crippen LogP contribution in [0.3, 0.4) is 0 Å². The smallest absolute Gasteiger partial charge is 0.337 e. The summed E-state index contributed by atoms with van der Waals surface area (Å²) >= 11 is 0. The van der Waals surface area contributed by atoms with E-state index in [0.717, 1.165) is 24.9 Å². The first-order valence-corrected chi connectivity index (χ1v) is 14.2. The van der Waals surface area contributed by atoms with Gasteiger partial charge in [0.25, 0.3) is 5.91 Å². The number of likely N-dealkylation sites (tertiary alicyclic amines) is 1. The number of carbonyl (C=O) groups is 2. The number of hydrogen-bond acceptors (Lipinski definition) is 10. The Morgan fingerprint density at radius 1 is 0.978 bits per heavy atom. The number of rotatable bonds is 10. The van der Waals surface area contributed by atoms with E-state index in [1.807, 2.05) is 24.9 Å². The van der Waals surface area contributed by atoms with E-state index in [4.69, 9.17) is 18.9 Å². The highest BCUT2D eigenvalue weighted by Crippen LogP contribution is 2.39. The van der Waals surface area contributed by atoms with Gasteiger partial charge in [0.15, 0.2) is 5.83 Å². The maximum absolute atomic E-state index is 14.9. The minimum absolute atomic E-state index is 0.124. The van der Waals surface area contributed by atoms with Crippen LogP contribution in [0.25, 0.3) is 10.9 Å². The van der Waals surface area contributed by atoms with Crippen molar-refractivity contribution in [3.05, 3.63) is 77.9 Å². The second-order valence-corrected chi connectivity index (χ2v) is 10.5. The lowest BCUT2D eigenvalue weighted by molar-refractivity contribution is -0.114. The number of carbonyl (C=O) groups excluding carboxylic acids is 2.